The molecule has 0 aliphatic heterocycles. The minimum Gasteiger partial charge on any atom is -0.258 e. The van der Waals surface area contributed by atoms with Crippen LogP contribution in [0.3, 0.4) is 0 Å². The van der Waals surface area contributed by atoms with Gasteiger partial charge >= 0.3 is 0 Å². The summed E-state index contributed by atoms with van der Waals surface area (Å²) in [5.74, 6) is 4.12. The molecule has 72 valence electrons. The van der Waals surface area contributed by atoms with Gasteiger partial charge in [0.15, 0.2) is 0 Å². The minimum absolute atomic E-state index is 0.246. The molecule has 1 rings (SSSR count). The third-order valence-corrected chi connectivity index (χ3v) is 2.52. The number of hydrogen-bond donors (Lipinski definition) is 2. The third kappa shape index (κ3) is 3.10. The SMILES string of the molecule is NNS(=O)(=O)Cc1ccc(F)cc1. The Bertz CT molecular complexity index is 374. The highest BCUT2D eigenvalue weighted by Crippen LogP contribution is 2.05. The molecule has 13 heavy (non-hydrogen) atoms. The summed E-state index contributed by atoms with van der Waals surface area (Å²) >= 11 is 0. The standard InChI is InChI=1S/C7H9FN2O2S/c8-7-3-1-6(2-4-7)5-13(11,12)10-9/h1-4,10H,5,9H2. The lowest BCUT2D eigenvalue weighted by molar-refractivity contribution is 0.583. The molecule has 1 aromatic carbocycles. The van der Waals surface area contributed by atoms with Gasteiger partial charge in [-0.2, -0.15) is 4.83 Å². The van der Waals surface area contributed by atoms with Crippen molar-refractivity contribution in [1.29, 1.82) is 0 Å². The molecule has 0 saturated heterocycles. The number of hydrogen-bond acceptors (Lipinski definition) is 3. The van der Waals surface area contributed by atoms with E-state index in [1.807, 2.05) is 0 Å². The van der Waals surface area contributed by atoms with Gasteiger partial charge in [-0.15, -0.1) is 0 Å². The topological polar surface area (TPSA) is 72.2 Å². The fraction of sp³-hybridized carbons (Fsp3) is 0.143. The lowest BCUT2D eigenvalue weighted by Gasteiger charge is -2.01. The lowest BCUT2D eigenvalue weighted by atomic mass is 10.2. The first-order valence-corrected chi connectivity index (χ1v) is 5.13. The van der Waals surface area contributed by atoms with Crippen LogP contribution >= 0.6 is 0 Å². The van der Waals surface area contributed by atoms with Gasteiger partial charge in [0.25, 0.3) is 0 Å². The van der Waals surface area contributed by atoms with Crippen LogP contribution in [0.25, 0.3) is 0 Å². The fourth-order valence-corrected chi connectivity index (χ4v) is 1.56. The van der Waals surface area contributed by atoms with Crippen molar-refractivity contribution in [2.45, 2.75) is 5.75 Å². The Hall–Kier alpha value is -0.980. The van der Waals surface area contributed by atoms with Crippen molar-refractivity contribution >= 4 is 10.0 Å². The van der Waals surface area contributed by atoms with Crippen molar-refractivity contribution in [3.63, 3.8) is 0 Å². The summed E-state index contributed by atoms with van der Waals surface area (Å²) < 4.78 is 34.3. The van der Waals surface area contributed by atoms with Crippen LogP contribution in [0.4, 0.5) is 4.39 Å². The highest BCUT2D eigenvalue weighted by molar-refractivity contribution is 7.88. The minimum atomic E-state index is -3.48. The Morgan fingerprint density at radius 1 is 1.31 bits per heavy atom. The average Bonchev–Trinajstić information content (AvgIpc) is 2.09. The zero-order valence-corrected chi connectivity index (χ0v) is 7.51. The van der Waals surface area contributed by atoms with Gasteiger partial charge in [-0.25, -0.2) is 12.8 Å². The maximum atomic E-state index is 12.4. The monoisotopic (exact) mass is 204 g/mol. The summed E-state index contributed by atoms with van der Waals surface area (Å²) in [6, 6.07) is 5.18. The van der Waals surface area contributed by atoms with E-state index < -0.39 is 15.8 Å². The van der Waals surface area contributed by atoms with Crippen LogP contribution in [-0.2, 0) is 15.8 Å². The van der Waals surface area contributed by atoms with Crippen molar-refractivity contribution < 1.29 is 12.8 Å². The predicted octanol–water partition coefficient (Wildman–Crippen LogP) is 0.119. The van der Waals surface area contributed by atoms with E-state index in [9.17, 15) is 12.8 Å². The van der Waals surface area contributed by atoms with E-state index in [4.69, 9.17) is 5.84 Å². The summed E-state index contributed by atoms with van der Waals surface area (Å²) in [7, 11) is -3.48. The molecule has 0 atom stereocenters. The van der Waals surface area contributed by atoms with Crippen LogP contribution in [0.5, 0.6) is 0 Å². The maximum absolute atomic E-state index is 12.4. The molecule has 0 radical (unpaired) electrons. The average molecular weight is 204 g/mol. The normalized spacial score (nSPS) is 11.5. The van der Waals surface area contributed by atoms with Gasteiger partial charge in [0.1, 0.15) is 5.82 Å². The third-order valence-electron chi connectivity index (χ3n) is 1.45. The van der Waals surface area contributed by atoms with Crippen LogP contribution in [0.2, 0.25) is 0 Å². The molecular weight excluding hydrogens is 195 g/mol. The molecule has 0 heterocycles. The van der Waals surface area contributed by atoms with Crippen LogP contribution in [0.1, 0.15) is 5.56 Å². The molecule has 6 heteroatoms. The Labute approximate surface area is 75.6 Å². The second-order valence-corrected chi connectivity index (χ2v) is 4.26. The highest BCUT2D eigenvalue weighted by Gasteiger charge is 2.08. The lowest BCUT2D eigenvalue weighted by Crippen LogP contribution is -2.31. The molecular formula is C7H9FN2O2S. The first kappa shape index (κ1) is 10.1. The van der Waals surface area contributed by atoms with Crippen LogP contribution in [0, 0.1) is 5.82 Å². The maximum Gasteiger partial charge on any atom is 0.228 e. The quantitative estimate of drug-likeness (QED) is 0.542. The molecule has 0 aliphatic rings. The van der Waals surface area contributed by atoms with Crippen molar-refractivity contribution in [3.05, 3.63) is 35.6 Å². The number of rotatable bonds is 3. The van der Waals surface area contributed by atoms with Crippen LogP contribution < -0.4 is 10.7 Å². The predicted molar refractivity (Wildman–Crippen MR) is 46.3 cm³/mol. The molecule has 4 nitrogen and oxygen atoms in total. The molecule has 0 aromatic heterocycles. The van der Waals surface area contributed by atoms with E-state index in [1.54, 1.807) is 4.83 Å². The molecule has 0 spiro atoms. The van der Waals surface area contributed by atoms with Gasteiger partial charge in [-0.1, -0.05) is 12.1 Å². The molecule has 0 bridgehead atoms. The van der Waals surface area contributed by atoms with Gasteiger partial charge in [0.05, 0.1) is 5.75 Å². The molecule has 0 unspecified atom stereocenters. The van der Waals surface area contributed by atoms with Gasteiger partial charge < -0.3 is 0 Å². The largest absolute Gasteiger partial charge is 0.258 e. The zero-order valence-electron chi connectivity index (χ0n) is 6.70. The molecule has 1 aromatic rings. The highest BCUT2D eigenvalue weighted by atomic mass is 32.2. The molecule has 0 saturated carbocycles. The summed E-state index contributed by atoms with van der Waals surface area (Å²) in [5, 5.41) is 0. The Balaban J connectivity index is 2.82. The first-order valence-electron chi connectivity index (χ1n) is 3.48. The molecule has 0 aliphatic carbocycles. The number of nitrogens with two attached hydrogens (primary N) is 1. The van der Waals surface area contributed by atoms with Crippen LogP contribution in [-0.4, -0.2) is 8.42 Å². The zero-order chi connectivity index (χ0) is 9.90. The first-order chi connectivity index (χ1) is 6.03. The van der Waals surface area contributed by atoms with Crippen molar-refractivity contribution in [3.8, 4) is 0 Å². The molecule has 3 N–H and O–H groups in total. The number of nitrogens with one attached hydrogen (secondary N) is 1. The number of halogens is 1. The number of sulfonamides is 1. The Morgan fingerprint density at radius 2 is 1.85 bits per heavy atom. The van der Waals surface area contributed by atoms with Gasteiger partial charge in [0.2, 0.25) is 10.0 Å². The molecule has 0 fully saturated rings. The molecule has 0 amide bonds. The summed E-state index contributed by atoms with van der Waals surface area (Å²) in [6.07, 6.45) is 0. The van der Waals surface area contributed by atoms with Crippen molar-refractivity contribution in [2.24, 2.45) is 5.84 Å². The van der Waals surface area contributed by atoms with Gasteiger partial charge in [-0.05, 0) is 17.7 Å². The van der Waals surface area contributed by atoms with Gasteiger partial charge in [0, 0.05) is 0 Å². The smallest absolute Gasteiger partial charge is 0.228 e. The van der Waals surface area contributed by atoms with Gasteiger partial charge in [-0.3, -0.25) is 5.84 Å². The van der Waals surface area contributed by atoms with E-state index in [0.29, 0.717) is 5.56 Å². The van der Waals surface area contributed by atoms with E-state index in [1.165, 1.54) is 24.3 Å². The second-order valence-electron chi connectivity index (χ2n) is 2.50. The summed E-state index contributed by atoms with van der Waals surface area (Å²) in [6.45, 7) is 0. The fourth-order valence-electron chi connectivity index (χ4n) is 0.842. The number of benzene rings is 1. The Morgan fingerprint density at radius 3 is 2.31 bits per heavy atom. The second kappa shape index (κ2) is 3.82. The van der Waals surface area contributed by atoms with E-state index in [0.717, 1.165) is 0 Å². The van der Waals surface area contributed by atoms with Crippen LogP contribution in [0.15, 0.2) is 24.3 Å². The van der Waals surface area contributed by atoms with E-state index >= 15 is 0 Å². The van der Waals surface area contributed by atoms with Crippen molar-refractivity contribution in [2.75, 3.05) is 0 Å². The van der Waals surface area contributed by atoms with E-state index in [2.05, 4.69) is 0 Å². The van der Waals surface area contributed by atoms with Crippen molar-refractivity contribution in [1.82, 2.24) is 4.83 Å². The summed E-state index contributed by atoms with van der Waals surface area (Å²) in [4.78, 5) is 1.68. The summed E-state index contributed by atoms with van der Waals surface area (Å²) in [5.41, 5.74) is 0.486. The number of hydrazine groups is 1. The Kier molecular flexibility index (Phi) is 2.97. The van der Waals surface area contributed by atoms with E-state index in [-0.39, 0.29) is 5.75 Å².